The van der Waals surface area contributed by atoms with Gasteiger partial charge in [0.05, 0.1) is 0 Å². The van der Waals surface area contributed by atoms with E-state index >= 15 is 0 Å². The fourth-order valence-electron chi connectivity index (χ4n) is 3.81. The van der Waals surface area contributed by atoms with Crippen molar-refractivity contribution in [1.29, 1.82) is 0 Å². The highest BCUT2D eigenvalue weighted by Crippen LogP contribution is 2.42. The Kier molecular flexibility index (Phi) is 4.38. The summed E-state index contributed by atoms with van der Waals surface area (Å²) in [6, 6.07) is 0. The van der Waals surface area contributed by atoms with Crippen LogP contribution in [0.1, 0.15) is 62.4 Å². The Labute approximate surface area is 129 Å². The molecular weight excluding hydrogens is 284 g/mol. The number of fused-ring (bicyclic) bond motifs is 1. The van der Waals surface area contributed by atoms with Crippen molar-refractivity contribution in [3.05, 3.63) is 11.1 Å². The molecule has 1 aromatic rings. The molecule has 0 saturated heterocycles. The summed E-state index contributed by atoms with van der Waals surface area (Å²) in [5.74, 6) is 1.74. The molecule has 0 spiro atoms. The molecule has 0 bridgehead atoms. The first-order chi connectivity index (χ1) is 10.1. The van der Waals surface area contributed by atoms with Gasteiger partial charge in [-0.15, -0.1) is 11.3 Å². The fraction of sp³-hybridized carbons (Fsp3) is 0.688. The molecule has 2 aliphatic carbocycles. The van der Waals surface area contributed by atoms with Crippen LogP contribution in [0.25, 0.3) is 0 Å². The lowest BCUT2D eigenvalue weighted by Gasteiger charge is -2.38. The number of carbonyl (C=O) groups is 2. The minimum absolute atomic E-state index is 0.0607. The molecule has 0 radical (unpaired) electrons. The number of hydrogen-bond donors (Lipinski definition) is 1. The van der Waals surface area contributed by atoms with Crippen molar-refractivity contribution < 1.29 is 9.59 Å². The summed E-state index contributed by atoms with van der Waals surface area (Å²) in [5.41, 5.74) is 0.436. The van der Waals surface area contributed by atoms with E-state index in [0.717, 1.165) is 24.7 Å². The molecule has 114 valence electrons. The monoisotopic (exact) mass is 306 g/mol. The molecule has 21 heavy (non-hydrogen) atoms. The smallest absolute Gasteiger partial charge is 0.229 e. The van der Waals surface area contributed by atoms with Crippen molar-refractivity contribution in [2.24, 2.45) is 17.8 Å². The largest absolute Gasteiger partial charge is 0.302 e. The molecule has 2 aliphatic rings. The van der Waals surface area contributed by atoms with Crippen LogP contribution in [-0.4, -0.2) is 16.7 Å². The number of nitrogens with one attached hydrogen (secondary N) is 1. The molecule has 0 aromatic carbocycles. The quantitative estimate of drug-likeness (QED) is 0.862. The summed E-state index contributed by atoms with van der Waals surface area (Å²) in [4.78, 5) is 27.8. The Morgan fingerprint density at radius 3 is 2.67 bits per heavy atom. The van der Waals surface area contributed by atoms with Crippen LogP contribution in [0.4, 0.5) is 5.13 Å². The Balaban J connectivity index is 1.58. The Hall–Kier alpha value is -1.23. The van der Waals surface area contributed by atoms with E-state index in [9.17, 15) is 9.59 Å². The lowest BCUT2D eigenvalue weighted by Crippen LogP contribution is -2.33. The van der Waals surface area contributed by atoms with Crippen LogP contribution in [0.3, 0.4) is 0 Å². The zero-order valence-corrected chi connectivity index (χ0v) is 13.2. The molecule has 1 aromatic heterocycles. The van der Waals surface area contributed by atoms with Crippen molar-refractivity contribution in [1.82, 2.24) is 4.98 Å². The summed E-state index contributed by atoms with van der Waals surface area (Å²) in [7, 11) is 0. The predicted octanol–water partition coefficient (Wildman–Crippen LogP) is 3.89. The predicted molar refractivity (Wildman–Crippen MR) is 83.5 cm³/mol. The molecule has 0 aliphatic heterocycles. The lowest BCUT2D eigenvalue weighted by atomic mass is 9.67. The normalized spacial score (nSPS) is 28.7. The number of nitrogens with zero attached hydrogens (tertiary/aromatic N) is 1. The first kappa shape index (κ1) is 14.7. The third kappa shape index (κ3) is 3.34. The van der Waals surface area contributed by atoms with Crippen LogP contribution in [0, 0.1) is 17.8 Å². The molecule has 1 amide bonds. The molecule has 2 fully saturated rings. The summed E-state index contributed by atoms with van der Waals surface area (Å²) >= 11 is 1.33. The molecule has 1 N–H and O–H groups in total. The lowest BCUT2D eigenvalue weighted by molar-refractivity contribution is -0.122. The topological polar surface area (TPSA) is 59.1 Å². The van der Waals surface area contributed by atoms with Gasteiger partial charge < -0.3 is 5.32 Å². The Bertz CT molecular complexity index is 540. The summed E-state index contributed by atoms with van der Waals surface area (Å²) in [6.45, 7) is 1.49. The number of Topliss-reactive ketones (excluding diaryl/α,β-unsaturated/α-hetero) is 1. The Morgan fingerprint density at radius 2 is 1.95 bits per heavy atom. The van der Waals surface area contributed by atoms with E-state index in [4.69, 9.17) is 0 Å². The summed E-state index contributed by atoms with van der Waals surface area (Å²) < 4.78 is 0. The van der Waals surface area contributed by atoms with Crippen LogP contribution in [-0.2, 0) is 4.79 Å². The minimum Gasteiger partial charge on any atom is -0.302 e. The van der Waals surface area contributed by atoms with Crippen LogP contribution in [0.15, 0.2) is 5.38 Å². The number of anilines is 1. The van der Waals surface area contributed by atoms with E-state index in [-0.39, 0.29) is 17.6 Å². The molecule has 3 rings (SSSR count). The van der Waals surface area contributed by atoms with Gasteiger partial charge in [0.15, 0.2) is 10.9 Å². The maximum Gasteiger partial charge on any atom is 0.229 e. The highest BCUT2D eigenvalue weighted by Gasteiger charge is 2.35. The van der Waals surface area contributed by atoms with E-state index in [0.29, 0.717) is 10.8 Å². The zero-order valence-electron chi connectivity index (χ0n) is 12.4. The zero-order chi connectivity index (χ0) is 14.8. The van der Waals surface area contributed by atoms with E-state index in [1.54, 1.807) is 5.38 Å². The van der Waals surface area contributed by atoms with Gasteiger partial charge in [-0.2, -0.15) is 0 Å². The molecule has 3 unspecified atom stereocenters. The average molecular weight is 306 g/mol. The number of rotatable bonds is 3. The van der Waals surface area contributed by atoms with Crippen molar-refractivity contribution in [3.8, 4) is 0 Å². The van der Waals surface area contributed by atoms with E-state index in [1.807, 2.05) is 0 Å². The van der Waals surface area contributed by atoms with Crippen LogP contribution >= 0.6 is 11.3 Å². The maximum atomic E-state index is 12.4. The standard InChI is InChI=1S/C16H22N2O2S/c1-10(19)14-9-21-16(17-14)18-15(20)13-7-6-11-4-2-3-5-12(11)8-13/h9,11-13H,2-8H2,1H3,(H,17,18,20). The molecule has 3 atom stereocenters. The third-order valence-electron chi connectivity index (χ3n) is 5.01. The number of thiazole rings is 1. The number of ketones is 1. The van der Waals surface area contributed by atoms with Crippen molar-refractivity contribution in [3.63, 3.8) is 0 Å². The second kappa shape index (κ2) is 6.26. The van der Waals surface area contributed by atoms with Gasteiger partial charge in [-0.3, -0.25) is 9.59 Å². The number of aromatic nitrogens is 1. The number of carbonyl (C=O) groups excluding carboxylic acids is 2. The third-order valence-corrected chi connectivity index (χ3v) is 5.76. The summed E-state index contributed by atoms with van der Waals surface area (Å²) in [5, 5.41) is 5.15. The second-order valence-electron chi connectivity index (χ2n) is 6.40. The maximum absolute atomic E-state index is 12.4. The van der Waals surface area contributed by atoms with Gasteiger partial charge in [0.2, 0.25) is 5.91 Å². The first-order valence-corrected chi connectivity index (χ1v) is 8.79. The summed E-state index contributed by atoms with van der Waals surface area (Å²) in [6.07, 6.45) is 8.56. The second-order valence-corrected chi connectivity index (χ2v) is 7.26. The van der Waals surface area contributed by atoms with Crippen molar-refractivity contribution in [2.45, 2.75) is 51.9 Å². The van der Waals surface area contributed by atoms with Gasteiger partial charge >= 0.3 is 0 Å². The van der Waals surface area contributed by atoms with E-state index < -0.39 is 0 Å². The minimum atomic E-state index is -0.0607. The van der Waals surface area contributed by atoms with Crippen LogP contribution in [0.2, 0.25) is 0 Å². The first-order valence-electron chi connectivity index (χ1n) is 7.91. The molecule has 4 nitrogen and oxygen atoms in total. The van der Waals surface area contributed by atoms with Gasteiger partial charge in [-0.05, 0) is 31.1 Å². The van der Waals surface area contributed by atoms with Crippen LogP contribution in [0.5, 0.6) is 0 Å². The Morgan fingerprint density at radius 1 is 1.19 bits per heavy atom. The van der Waals surface area contributed by atoms with Gasteiger partial charge in [0.25, 0.3) is 0 Å². The van der Waals surface area contributed by atoms with Crippen molar-refractivity contribution >= 4 is 28.2 Å². The van der Waals surface area contributed by atoms with Gasteiger partial charge in [-0.1, -0.05) is 25.7 Å². The fourth-order valence-corrected chi connectivity index (χ4v) is 4.56. The van der Waals surface area contributed by atoms with Gasteiger partial charge in [0, 0.05) is 18.2 Å². The van der Waals surface area contributed by atoms with Crippen molar-refractivity contribution in [2.75, 3.05) is 5.32 Å². The molecule has 5 heteroatoms. The molecule has 2 saturated carbocycles. The molecular formula is C16H22N2O2S. The average Bonchev–Trinajstić information content (AvgIpc) is 2.95. The van der Waals surface area contributed by atoms with Gasteiger partial charge in [0.1, 0.15) is 5.69 Å². The van der Waals surface area contributed by atoms with E-state index in [2.05, 4.69) is 10.3 Å². The SMILES string of the molecule is CC(=O)c1csc(NC(=O)C2CCC3CCCCC3C2)n1. The number of hydrogen-bond acceptors (Lipinski definition) is 4. The van der Waals surface area contributed by atoms with Crippen LogP contribution < -0.4 is 5.32 Å². The van der Waals surface area contributed by atoms with Gasteiger partial charge in [-0.25, -0.2) is 4.98 Å². The van der Waals surface area contributed by atoms with E-state index in [1.165, 1.54) is 50.4 Å². The highest BCUT2D eigenvalue weighted by molar-refractivity contribution is 7.14. The number of amides is 1. The molecule has 1 heterocycles. The highest BCUT2D eigenvalue weighted by atomic mass is 32.1.